The van der Waals surface area contributed by atoms with Gasteiger partial charge in [0.2, 0.25) is 5.91 Å². The van der Waals surface area contributed by atoms with E-state index in [4.69, 9.17) is 4.74 Å². The standard InChI is InChI=1S/C23H25FN2O3/c1-15-20-12-19(24)8-7-16(20)9-10-25(15)14-22(27)26-13-18-6-4-3-5-17(18)11-21(26)23(28)29-2/h3-8,12,15,21H,9-11,13-14H2,1-2H3. The third-order valence-corrected chi connectivity index (χ3v) is 6.15. The lowest BCUT2D eigenvalue weighted by Gasteiger charge is -2.39. The molecule has 5 nitrogen and oxygen atoms in total. The molecule has 0 saturated carbocycles. The van der Waals surface area contributed by atoms with Crippen molar-refractivity contribution in [1.82, 2.24) is 9.80 Å². The molecule has 0 spiro atoms. The van der Waals surface area contributed by atoms with E-state index in [1.807, 2.05) is 37.3 Å². The van der Waals surface area contributed by atoms with Crippen LogP contribution in [-0.2, 0) is 33.7 Å². The molecule has 29 heavy (non-hydrogen) atoms. The number of carbonyl (C=O) groups excluding carboxylic acids is 2. The van der Waals surface area contributed by atoms with Crippen molar-refractivity contribution in [3.63, 3.8) is 0 Å². The van der Waals surface area contributed by atoms with E-state index in [9.17, 15) is 14.0 Å². The van der Waals surface area contributed by atoms with Gasteiger partial charge >= 0.3 is 5.97 Å². The molecule has 6 heteroatoms. The maximum atomic E-state index is 13.7. The Morgan fingerprint density at radius 1 is 1.14 bits per heavy atom. The first-order valence-corrected chi connectivity index (χ1v) is 9.94. The summed E-state index contributed by atoms with van der Waals surface area (Å²) in [5.41, 5.74) is 4.18. The van der Waals surface area contributed by atoms with Crippen LogP contribution >= 0.6 is 0 Å². The van der Waals surface area contributed by atoms with E-state index in [-0.39, 0.29) is 24.3 Å². The molecule has 2 unspecified atom stereocenters. The van der Waals surface area contributed by atoms with E-state index in [0.29, 0.717) is 13.0 Å². The fourth-order valence-electron chi connectivity index (χ4n) is 4.45. The van der Waals surface area contributed by atoms with E-state index >= 15 is 0 Å². The molecule has 152 valence electrons. The van der Waals surface area contributed by atoms with Crippen LogP contribution in [0.5, 0.6) is 0 Å². The summed E-state index contributed by atoms with van der Waals surface area (Å²) in [6.07, 6.45) is 1.23. The number of benzene rings is 2. The number of hydrogen-bond donors (Lipinski definition) is 0. The minimum absolute atomic E-state index is 0.0629. The van der Waals surface area contributed by atoms with Gasteiger partial charge in [0.1, 0.15) is 11.9 Å². The molecular weight excluding hydrogens is 371 g/mol. The molecule has 2 aliphatic rings. The van der Waals surface area contributed by atoms with Gasteiger partial charge in [-0.1, -0.05) is 30.3 Å². The number of esters is 1. The molecule has 2 aromatic carbocycles. The molecule has 2 aliphatic heterocycles. The molecule has 2 heterocycles. The molecule has 0 aliphatic carbocycles. The molecule has 0 saturated heterocycles. The summed E-state index contributed by atoms with van der Waals surface area (Å²) in [7, 11) is 1.35. The molecule has 0 N–H and O–H groups in total. The predicted molar refractivity (Wildman–Crippen MR) is 107 cm³/mol. The lowest BCUT2D eigenvalue weighted by Crippen LogP contribution is -2.52. The Morgan fingerprint density at radius 2 is 1.90 bits per heavy atom. The summed E-state index contributed by atoms with van der Waals surface area (Å²) in [4.78, 5) is 29.3. The first kappa shape index (κ1) is 19.6. The number of rotatable bonds is 3. The molecule has 2 atom stereocenters. The van der Waals surface area contributed by atoms with Crippen LogP contribution in [-0.4, -0.2) is 47.9 Å². The number of carbonyl (C=O) groups is 2. The normalized spacial score (nSPS) is 21.3. The van der Waals surface area contributed by atoms with Gasteiger partial charge in [0.05, 0.1) is 13.7 Å². The number of ether oxygens (including phenoxy) is 1. The van der Waals surface area contributed by atoms with Gasteiger partial charge in [-0.05, 0) is 47.7 Å². The van der Waals surface area contributed by atoms with E-state index in [1.54, 1.807) is 11.0 Å². The Bertz CT molecular complexity index is 945. The van der Waals surface area contributed by atoms with E-state index in [0.717, 1.165) is 35.2 Å². The number of fused-ring (bicyclic) bond motifs is 2. The van der Waals surface area contributed by atoms with Crippen LogP contribution < -0.4 is 0 Å². The summed E-state index contributed by atoms with van der Waals surface area (Å²) in [5.74, 6) is -0.768. The van der Waals surface area contributed by atoms with Gasteiger partial charge in [0.25, 0.3) is 0 Å². The molecule has 1 amide bonds. The molecule has 0 aromatic heterocycles. The summed E-state index contributed by atoms with van der Waals surface area (Å²) >= 11 is 0. The van der Waals surface area contributed by atoms with E-state index < -0.39 is 12.0 Å². The van der Waals surface area contributed by atoms with Gasteiger partial charge in [-0.25, -0.2) is 9.18 Å². The number of nitrogens with zero attached hydrogens (tertiary/aromatic N) is 2. The third-order valence-electron chi connectivity index (χ3n) is 6.15. The quantitative estimate of drug-likeness (QED) is 0.749. The lowest BCUT2D eigenvalue weighted by atomic mass is 9.92. The van der Waals surface area contributed by atoms with Crippen molar-refractivity contribution in [2.24, 2.45) is 0 Å². The maximum absolute atomic E-state index is 13.7. The lowest BCUT2D eigenvalue weighted by molar-refractivity contribution is -0.154. The Morgan fingerprint density at radius 3 is 2.66 bits per heavy atom. The highest BCUT2D eigenvalue weighted by Crippen LogP contribution is 2.31. The summed E-state index contributed by atoms with van der Waals surface area (Å²) in [6, 6.07) is 12.1. The average Bonchev–Trinajstić information content (AvgIpc) is 2.74. The Labute approximate surface area is 170 Å². The highest BCUT2D eigenvalue weighted by Gasteiger charge is 2.36. The van der Waals surface area contributed by atoms with Crippen molar-refractivity contribution < 1.29 is 18.7 Å². The average molecular weight is 396 g/mol. The Kier molecular flexibility index (Phi) is 5.37. The van der Waals surface area contributed by atoms with Crippen LogP contribution in [0.15, 0.2) is 42.5 Å². The molecular formula is C23H25FN2O3. The summed E-state index contributed by atoms with van der Waals surface area (Å²) < 4.78 is 18.7. The van der Waals surface area contributed by atoms with Gasteiger partial charge in [0.15, 0.2) is 0 Å². The SMILES string of the molecule is COC(=O)C1Cc2ccccc2CN1C(=O)CN1CCc2ccc(F)cc2C1C. The van der Waals surface area contributed by atoms with Crippen molar-refractivity contribution in [2.45, 2.75) is 38.4 Å². The zero-order valence-electron chi connectivity index (χ0n) is 16.7. The van der Waals surface area contributed by atoms with Crippen LogP contribution in [0, 0.1) is 5.82 Å². The van der Waals surface area contributed by atoms with Crippen LogP contribution in [0.3, 0.4) is 0 Å². The Balaban J connectivity index is 1.54. The van der Waals surface area contributed by atoms with Gasteiger partial charge in [-0.3, -0.25) is 9.69 Å². The van der Waals surface area contributed by atoms with Gasteiger partial charge in [-0.2, -0.15) is 0 Å². The zero-order valence-corrected chi connectivity index (χ0v) is 16.7. The maximum Gasteiger partial charge on any atom is 0.328 e. The third kappa shape index (κ3) is 3.77. The first-order valence-electron chi connectivity index (χ1n) is 9.94. The first-order chi connectivity index (χ1) is 14.0. The van der Waals surface area contributed by atoms with Crippen LogP contribution in [0.4, 0.5) is 4.39 Å². The van der Waals surface area contributed by atoms with Crippen LogP contribution in [0.25, 0.3) is 0 Å². The van der Waals surface area contributed by atoms with E-state index in [2.05, 4.69) is 4.90 Å². The van der Waals surface area contributed by atoms with Gasteiger partial charge < -0.3 is 9.64 Å². The molecule has 0 bridgehead atoms. The number of hydrogen-bond acceptors (Lipinski definition) is 4. The topological polar surface area (TPSA) is 49.9 Å². The number of methoxy groups -OCH3 is 1. The fourth-order valence-corrected chi connectivity index (χ4v) is 4.45. The second-order valence-corrected chi connectivity index (χ2v) is 7.77. The van der Waals surface area contributed by atoms with Crippen molar-refractivity contribution in [3.05, 3.63) is 70.5 Å². The number of amides is 1. The minimum Gasteiger partial charge on any atom is -0.467 e. The van der Waals surface area contributed by atoms with Gasteiger partial charge in [0, 0.05) is 25.6 Å². The molecule has 0 fully saturated rings. The summed E-state index contributed by atoms with van der Waals surface area (Å²) in [5, 5.41) is 0. The second kappa shape index (κ2) is 7.95. The molecule has 0 radical (unpaired) electrons. The second-order valence-electron chi connectivity index (χ2n) is 7.77. The van der Waals surface area contributed by atoms with Gasteiger partial charge in [-0.15, -0.1) is 0 Å². The van der Waals surface area contributed by atoms with Crippen LogP contribution in [0.2, 0.25) is 0 Å². The molecule has 4 rings (SSSR count). The van der Waals surface area contributed by atoms with Crippen molar-refractivity contribution in [1.29, 1.82) is 0 Å². The smallest absolute Gasteiger partial charge is 0.328 e. The fraction of sp³-hybridized carbons (Fsp3) is 0.391. The highest BCUT2D eigenvalue weighted by molar-refractivity contribution is 5.86. The minimum atomic E-state index is -0.618. The van der Waals surface area contributed by atoms with Crippen molar-refractivity contribution in [3.8, 4) is 0 Å². The van der Waals surface area contributed by atoms with Crippen molar-refractivity contribution in [2.75, 3.05) is 20.2 Å². The number of halogens is 1. The Hall–Kier alpha value is -2.73. The van der Waals surface area contributed by atoms with Crippen LogP contribution in [0.1, 0.15) is 35.2 Å². The predicted octanol–water partition coefficient (Wildman–Crippen LogP) is 2.87. The zero-order chi connectivity index (χ0) is 20.5. The van der Waals surface area contributed by atoms with Crippen molar-refractivity contribution >= 4 is 11.9 Å². The van der Waals surface area contributed by atoms with E-state index in [1.165, 1.54) is 13.2 Å². The summed E-state index contributed by atoms with van der Waals surface area (Å²) in [6.45, 7) is 3.29. The largest absolute Gasteiger partial charge is 0.467 e. The highest BCUT2D eigenvalue weighted by atomic mass is 19.1. The monoisotopic (exact) mass is 396 g/mol. The molecule has 2 aromatic rings.